The van der Waals surface area contributed by atoms with Crippen molar-refractivity contribution in [3.63, 3.8) is 0 Å². The zero-order valence-electron chi connectivity index (χ0n) is 15.5. The van der Waals surface area contributed by atoms with Gasteiger partial charge in [0, 0.05) is 22.8 Å². The fourth-order valence-corrected chi connectivity index (χ4v) is 3.21. The predicted octanol–water partition coefficient (Wildman–Crippen LogP) is 3.99. The molecule has 0 saturated heterocycles. The Bertz CT molecular complexity index is 650. The molecule has 2 rings (SSSR count). The molecule has 1 aromatic heterocycles. The number of nitrogens with zero attached hydrogens (tertiary/aromatic N) is 2. The Kier molecular flexibility index (Phi) is 10.1. The van der Waals surface area contributed by atoms with Gasteiger partial charge in [-0.3, -0.25) is 0 Å². The molecule has 0 aliphatic rings. The molecule has 0 unspecified atom stereocenters. The topological polar surface area (TPSA) is 39.7 Å². The number of aliphatic imine (C=N–C) groups is 1. The fourth-order valence-electron chi connectivity index (χ4n) is 2.38. The van der Waals surface area contributed by atoms with Gasteiger partial charge in [-0.1, -0.05) is 24.3 Å². The van der Waals surface area contributed by atoms with E-state index in [4.69, 9.17) is 0 Å². The number of rotatable bonds is 7. The summed E-state index contributed by atoms with van der Waals surface area (Å²) >= 11 is 1.82. The summed E-state index contributed by atoms with van der Waals surface area (Å²) in [5.41, 5.74) is 2.55. The zero-order chi connectivity index (χ0) is 17.4. The van der Waals surface area contributed by atoms with Crippen molar-refractivity contribution in [2.45, 2.75) is 33.5 Å². The molecule has 2 N–H and O–H groups in total. The van der Waals surface area contributed by atoms with Gasteiger partial charge in [0.2, 0.25) is 0 Å². The molecule has 0 spiro atoms. The smallest absolute Gasteiger partial charge is 0.191 e. The second-order valence-corrected chi connectivity index (χ2v) is 7.49. The van der Waals surface area contributed by atoms with E-state index in [9.17, 15) is 0 Å². The first-order valence-corrected chi connectivity index (χ1v) is 9.18. The average molecular weight is 472 g/mol. The molecule has 1 aromatic carbocycles. The first kappa shape index (κ1) is 21.9. The number of halogens is 1. The molecule has 0 aliphatic heterocycles. The normalized spacial score (nSPS) is 11.3. The van der Waals surface area contributed by atoms with Gasteiger partial charge < -0.3 is 15.5 Å². The summed E-state index contributed by atoms with van der Waals surface area (Å²) in [5.74, 6) is 0.862. The molecule has 0 radical (unpaired) electrons. The van der Waals surface area contributed by atoms with Gasteiger partial charge in [-0.25, -0.2) is 4.99 Å². The van der Waals surface area contributed by atoms with Gasteiger partial charge in [-0.05, 0) is 51.2 Å². The van der Waals surface area contributed by atoms with Crippen LogP contribution in [0.4, 0.5) is 0 Å². The van der Waals surface area contributed by atoms with E-state index in [1.807, 2.05) is 11.3 Å². The highest BCUT2D eigenvalue weighted by atomic mass is 127. The van der Waals surface area contributed by atoms with Crippen molar-refractivity contribution in [2.24, 2.45) is 4.99 Å². The van der Waals surface area contributed by atoms with Gasteiger partial charge in [-0.2, -0.15) is 0 Å². The number of thiophene rings is 1. The van der Waals surface area contributed by atoms with E-state index in [0.29, 0.717) is 6.54 Å². The van der Waals surface area contributed by atoms with E-state index in [1.165, 1.54) is 20.9 Å². The van der Waals surface area contributed by atoms with Crippen LogP contribution < -0.4 is 10.6 Å². The molecule has 0 atom stereocenters. The second kappa shape index (κ2) is 11.5. The monoisotopic (exact) mass is 472 g/mol. The van der Waals surface area contributed by atoms with Crippen LogP contribution in [0, 0.1) is 6.92 Å². The molecule has 138 valence electrons. The predicted molar refractivity (Wildman–Crippen MR) is 120 cm³/mol. The van der Waals surface area contributed by atoms with E-state index in [2.05, 4.69) is 84.9 Å². The van der Waals surface area contributed by atoms with Crippen LogP contribution in [0.3, 0.4) is 0 Å². The Labute approximate surface area is 172 Å². The Morgan fingerprint density at radius 2 is 1.72 bits per heavy atom. The lowest BCUT2D eigenvalue weighted by Gasteiger charge is -2.11. The second-order valence-electron chi connectivity index (χ2n) is 6.12. The first-order valence-electron chi connectivity index (χ1n) is 8.37. The van der Waals surface area contributed by atoms with E-state index in [0.717, 1.165) is 25.6 Å². The maximum Gasteiger partial charge on any atom is 0.191 e. The standard InChI is InChI=1S/C19H28N4S.HI/c1-5-20-19(22-13-18-11-6-15(2)24-18)21-12-16-7-9-17(10-8-16)14-23(3)4;/h6-11H,5,12-14H2,1-4H3,(H2,20,21,22);1H. The lowest BCUT2D eigenvalue weighted by Crippen LogP contribution is -2.36. The molecule has 25 heavy (non-hydrogen) atoms. The Hall–Kier alpha value is -1.12. The quantitative estimate of drug-likeness (QED) is 0.364. The summed E-state index contributed by atoms with van der Waals surface area (Å²) in [4.78, 5) is 9.52. The molecule has 0 aliphatic carbocycles. The van der Waals surface area contributed by atoms with Crippen molar-refractivity contribution in [1.82, 2.24) is 15.5 Å². The maximum absolute atomic E-state index is 4.68. The highest BCUT2D eigenvalue weighted by Crippen LogP contribution is 2.14. The van der Waals surface area contributed by atoms with Gasteiger partial charge in [-0.15, -0.1) is 35.3 Å². The van der Waals surface area contributed by atoms with Crippen LogP contribution >= 0.6 is 35.3 Å². The van der Waals surface area contributed by atoms with Gasteiger partial charge >= 0.3 is 0 Å². The van der Waals surface area contributed by atoms with Gasteiger partial charge in [0.15, 0.2) is 5.96 Å². The molecule has 6 heteroatoms. The van der Waals surface area contributed by atoms with Crippen molar-refractivity contribution in [1.29, 1.82) is 0 Å². The number of aryl methyl sites for hydroxylation is 1. The van der Waals surface area contributed by atoms with Crippen molar-refractivity contribution in [2.75, 3.05) is 20.6 Å². The number of nitrogens with one attached hydrogen (secondary N) is 2. The third-order valence-electron chi connectivity index (χ3n) is 3.51. The highest BCUT2D eigenvalue weighted by molar-refractivity contribution is 14.0. The molecule has 2 aromatic rings. The number of hydrogen-bond donors (Lipinski definition) is 2. The molecule has 0 saturated carbocycles. The van der Waals surface area contributed by atoms with Crippen LogP contribution in [0.2, 0.25) is 0 Å². The highest BCUT2D eigenvalue weighted by Gasteiger charge is 2.01. The molecule has 1 heterocycles. The molecule has 0 fully saturated rings. The van der Waals surface area contributed by atoms with Gasteiger partial charge in [0.05, 0.1) is 13.1 Å². The van der Waals surface area contributed by atoms with Crippen molar-refractivity contribution >= 4 is 41.3 Å². The Morgan fingerprint density at radius 3 is 2.28 bits per heavy atom. The first-order chi connectivity index (χ1) is 11.6. The molecule has 0 amide bonds. The van der Waals surface area contributed by atoms with Crippen LogP contribution in [0.1, 0.15) is 27.8 Å². The third kappa shape index (κ3) is 8.20. The lowest BCUT2D eigenvalue weighted by molar-refractivity contribution is 0.402. The minimum Gasteiger partial charge on any atom is -0.357 e. The summed E-state index contributed by atoms with van der Waals surface area (Å²) < 4.78 is 0. The van der Waals surface area contributed by atoms with E-state index in [-0.39, 0.29) is 24.0 Å². The van der Waals surface area contributed by atoms with E-state index < -0.39 is 0 Å². The molecular weight excluding hydrogens is 443 g/mol. The van der Waals surface area contributed by atoms with Crippen LogP contribution in [0.15, 0.2) is 41.4 Å². The number of benzene rings is 1. The number of guanidine groups is 1. The fraction of sp³-hybridized carbons (Fsp3) is 0.421. The SMILES string of the molecule is CCNC(=NCc1ccc(CN(C)C)cc1)NCc1ccc(C)s1.I. The average Bonchev–Trinajstić information content (AvgIpc) is 2.96. The minimum absolute atomic E-state index is 0. The number of hydrogen-bond acceptors (Lipinski definition) is 3. The third-order valence-corrected chi connectivity index (χ3v) is 4.51. The summed E-state index contributed by atoms with van der Waals surface area (Å²) in [6.07, 6.45) is 0. The summed E-state index contributed by atoms with van der Waals surface area (Å²) in [6.45, 7) is 7.54. The van der Waals surface area contributed by atoms with Crippen LogP contribution in [0.25, 0.3) is 0 Å². The summed E-state index contributed by atoms with van der Waals surface area (Å²) in [5, 5.41) is 6.70. The molecular formula is C19H29IN4S. The lowest BCUT2D eigenvalue weighted by atomic mass is 10.1. The van der Waals surface area contributed by atoms with Crippen LogP contribution in [0.5, 0.6) is 0 Å². The van der Waals surface area contributed by atoms with Crippen molar-refractivity contribution in [3.8, 4) is 0 Å². The van der Waals surface area contributed by atoms with E-state index in [1.54, 1.807) is 0 Å². The Balaban J connectivity index is 0.00000312. The van der Waals surface area contributed by atoms with Crippen molar-refractivity contribution < 1.29 is 0 Å². The van der Waals surface area contributed by atoms with Gasteiger partial charge in [0.25, 0.3) is 0 Å². The molecule has 4 nitrogen and oxygen atoms in total. The largest absolute Gasteiger partial charge is 0.357 e. The zero-order valence-corrected chi connectivity index (χ0v) is 18.7. The van der Waals surface area contributed by atoms with Crippen LogP contribution in [-0.2, 0) is 19.6 Å². The Morgan fingerprint density at radius 1 is 1.04 bits per heavy atom. The van der Waals surface area contributed by atoms with E-state index >= 15 is 0 Å². The minimum atomic E-state index is 0. The maximum atomic E-state index is 4.68. The van der Waals surface area contributed by atoms with Crippen LogP contribution in [-0.4, -0.2) is 31.5 Å². The van der Waals surface area contributed by atoms with Crippen molar-refractivity contribution in [3.05, 3.63) is 57.3 Å². The van der Waals surface area contributed by atoms with Gasteiger partial charge in [0.1, 0.15) is 0 Å². The summed E-state index contributed by atoms with van der Waals surface area (Å²) in [6, 6.07) is 13.0. The summed E-state index contributed by atoms with van der Waals surface area (Å²) in [7, 11) is 4.17. The molecule has 0 bridgehead atoms.